The summed E-state index contributed by atoms with van der Waals surface area (Å²) in [5.41, 5.74) is 6.49. The summed E-state index contributed by atoms with van der Waals surface area (Å²) in [6, 6.07) is 15.8. The summed E-state index contributed by atoms with van der Waals surface area (Å²) >= 11 is 5.33. The molecule has 0 saturated heterocycles. The van der Waals surface area contributed by atoms with Gasteiger partial charge in [0, 0.05) is 20.8 Å². The number of benzene rings is 2. The number of nitrogens with two attached hydrogens (primary N) is 1. The second-order valence-corrected chi connectivity index (χ2v) is 6.04. The molecule has 0 aromatic heterocycles. The Hall–Kier alpha value is -1.13. The number of rotatable bonds is 6. The van der Waals surface area contributed by atoms with Gasteiger partial charge in [-0.3, -0.25) is 0 Å². The highest BCUT2D eigenvalue weighted by atomic mass is 79.9. The van der Waals surface area contributed by atoms with Crippen LogP contribution in [0, 0.1) is 0 Å². The summed E-state index contributed by atoms with van der Waals surface area (Å²) in [6.07, 6.45) is 1.01. The molecule has 2 aromatic carbocycles. The van der Waals surface area contributed by atoms with Crippen LogP contribution in [0.15, 0.2) is 57.9 Å². The molecule has 2 N–H and O–H groups in total. The maximum absolute atomic E-state index is 5.71. The Morgan fingerprint density at radius 2 is 1.89 bits per heavy atom. The number of ether oxygens (including phenoxy) is 1. The zero-order valence-electron chi connectivity index (χ0n) is 10.5. The van der Waals surface area contributed by atoms with Gasteiger partial charge in [0.2, 0.25) is 0 Å². The number of hydrogen-bond donors (Lipinski definition) is 1. The van der Waals surface area contributed by atoms with Crippen LogP contribution in [0.1, 0.15) is 6.42 Å². The van der Waals surface area contributed by atoms with Crippen LogP contribution in [0.5, 0.6) is 5.75 Å². The van der Waals surface area contributed by atoms with E-state index in [0.717, 1.165) is 34.7 Å². The Morgan fingerprint density at radius 1 is 1.11 bits per heavy atom. The zero-order chi connectivity index (χ0) is 13.5. The van der Waals surface area contributed by atoms with Crippen molar-refractivity contribution in [3.63, 3.8) is 0 Å². The van der Waals surface area contributed by atoms with E-state index in [1.807, 2.05) is 60.3 Å². The Bertz CT molecular complexity index is 519. The number of thioether (sulfide) groups is 1. The molecule has 0 unspecified atom stereocenters. The Balaban J connectivity index is 1.69. The molecule has 2 aromatic rings. The lowest BCUT2D eigenvalue weighted by Gasteiger charge is -2.07. The van der Waals surface area contributed by atoms with Crippen molar-refractivity contribution in [1.82, 2.24) is 0 Å². The lowest BCUT2D eigenvalue weighted by atomic mass is 10.3. The van der Waals surface area contributed by atoms with Crippen LogP contribution in [-0.2, 0) is 0 Å². The predicted octanol–water partition coefficient (Wildman–Crippen LogP) is 4.59. The zero-order valence-corrected chi connectivity index (χ0v) is 12.9. The van der Waals surface area contributed by atoms with Gasteiger partial charge in [-0.15, -0.1) is 11.8 Å². The van der Waals surface area contributed by atoms with Gasteiger partial charge < -0.3 is 10.5 Å². The van der Waals surface area contributed by atoms with E-state index in [0.29, 0.717) is 0 Å². The lowest BCUT2D eigenvalue weighted by Crippen LogP contribution is -1.98. The highest BCUT2D eigenvalue weighted by Crippen LogP contribution is 2.29. The summed E-state index contributed by atoms with van der Waals surface area (Å²) in [7, 11) is 0. The predicted molar refractivity (Wildman–Crippen MR) is 85.8 cm³/mol. The molecule has 2 nitrogen and oxygen atoms in total. The maximum atomic E-state index is 5.71. The fourth-order valence-electron chi connectivity index (χ4n) is 1.58. The molecule has 4 heteroatoms. The third kappa shape index (κ3) is 4.80. The first-order chi connectivity index (χ1) is 9.25. The fourth-order valence-corrected chi connectivity index (χ4v) is 3.16. The van der Waals surface area contributed by atoms with Gasteiger partial charge in [-0.25, -0.2) is 0 Å². The summed E-state index contributed by atoms with van der Waals surface area (Å²) in [5.74, 6) is 1.95. The van der Waals surface area contributed by atoms with Crippen LogP contribution < -0.4 is 10.5 Å². The minimum Gasteiger partial charge on any atom is -0.494 e. The van der Waals surface area contributed by atoms with E-state index < -0.39 is 0 Å². The number of halogens is 1. The molecule has 0 aliphatic carbocycles. The largest absolute Gasteiger partial charge is 0.494 e. The Morgan fingerprint density at radius 3 is 2.63 bits per heavy atom. The topological polar surface area (TPSA) is 35.2 Å². The van der Waals surface area contributed by atoms with Gasteiger partial charge in [0.05, 0.1) is 6.61 Å². The van der Waals surface area contributed by atoms with E-state index in [-0.39, 0.29) is 0 Å². The number of anilines is 1. The van der Waals surface area contributed by atoms with Crippen molar-refractivity contribution >= 4 is 33.4 Å². The summed E-state index contributed by atoms with van der Waals surface area (Å²) in [5, 5.41) is 0. The second-order valence-electron chi connectivity index (χ2n) is 4.05. The van der Waals surface area contributed by atoms with E-state index in [1.54, 1.807) is 0 Å². The average molecular weight is 338 g/mol. The standard InChI is InChI=1S/C15H16BrNOS/c16-14-11-12(17)7-8-15(14)19-10-4-9-18-13-5-2-1-3-6-13/h1-3,5-8,11H,4,9-10,17H2. The van der Waals surface area contributed by atoms with Crippen LogP contribution >= 0.6 is 27.7 Å². The molecule has 0 amide bonds. The quantitative estimate of drug-likeness (QED) is 0.475. The monoisotopic (exact) mass is 337 g/mol. The van der Waals surface area contributed by atoms with Crippen molar-refractivity contribution in [3.05, 3.63) is 53.0 Å². The lowest BCUT2D eigenvalue weighted by molar-refractivity contribution is 0.319. The molecule has 0 spiro atoms. The molecule has 0 saturated carbocycles. The van der Waals surface area contributed by atoms with Crippen molar-refractivity contribution in [1.29, 1.82) is 0 Å². The van der Waals surface area contributed by atoms with E-state index in [4.69, 9.17) is 10.5 Å². The molecule has 100 valence electrons. The summed E-state index contributed by atoms with van der Waals surface area (Å²) in [6.45, 7) is 0.740. The highest BCUT2D eigenvalue weighted by Gasteiger charge is 2.01. The van der Waals surface area contributed by atoms with Crippen LogP contribution in [0.2, 0.25) is 0 Å². The van der Waals surface area contributed by atoms with Crippen LogP contribution in [0.4, 0.5) is 5.69 Å². The number of nitrogen functional groups attached to an aromatic ring is 1. The van der Waals surface area contributed by atoms with Gasteiger partial charge in [0.15, 0.2) is 0 Å². The summed E-state index contributed by atoms with van der Waals surface area (Å²) in [4.78, 5) is 1.22. The number of hydrogen-bond acceptors (Lipinski definition) is 3. The van der Waals surface area contributed by atoms with Crippen molar-refractivity contribution in [2.24, 2.45) is 0 Å². The molecule has 0 aliphatic rings. The van der Waals surface area contributed by atoms with Crippen molar-refractivity contribution in [2.75, 3.05) is 18.1 Å². The van der Waals surface area contributed by atoms with Crippen molar-refractivity contribution < 1.29 is 4.74 Å². The van der Waals surface area contributed by atoms with Crippen LogP contribution in [0.3, 0.4) is 0 Å². The molecule has 2 rings (SSSR count). The fraction of sp³-hybridized carbons (Fsp3) is 0.200. The van der Waals surface area contributed by atoms with Crippen molar-refractivity contribution in [3.8, 4) is 5.75 Å². The minimum atomic E-state index is 0.740. The Labute approximate surface area is 126 Å². The molecule has 0 heterocycles. The Kier molecular flexibility index (Phi) is 5.61. The number of para-hydroxylation sites is 1. The molecule has 0 radical (unpaired) electrons. The first-order valence-corrected chi connectivity index (χ1v) is 7.89. The average Bonchev–Trinajstić information content (AvgIpc) is 2.42. The van der Waals surface area contributed by atoms with Gasteiger partial charge in [-0.1, -0.05) is 18.2 Å². The molecular weight excluding hydrogens is 322 g/mol. The van der Waals surface area contributed by atoms with E-state index in [9.17, 15) is 0 Å². The van der Waals surface area contributed by atoms with E-state index >= 15 is 0 Å². The molecular formula is C15H16BrNOS. The van der Waals surface area contributed by atoms with Gasteiger partial charge in [0.1, 0.15) is 5.75 Å². The van der Waals surface area contributed by atoms with Crippen LogP contribution in [-0.4, -0.2) is 12.4 Å². The normalized spacial score (nSPS) is 10.4. The first kappa shape index (κ1) is 14.3. The van der Waals surface area contributed by atoms with Crippen LogP contribution in [0.25, 0.3) is 0 Å². The van der Waals surface area contributed by atoms with E-state index in [2.05, 4.69) is 15.9 Å². The van der Waals surface area contributed by atoms with Gasteiger partial charge >= 0.3 is 0 Å². The van der Waals surface area contributed by atoms with Gasteiger partial charge in [-0.2, -0.15) is 0 Å². The maximum Gasteiger partial charge on any atom is 0.119 e. The molecule has 0 aliphatic heterocycles. The van der Waals surface area contributed by atoms with Gasteiger partial charge in [-0.05, 0) is 52.7 Å². The summed E-state index contributed by atoms with van der Waals surface area (Å²) < 4.78 is 6.71. The highest BCUT2D eigenvalue weighted by molar-refractivity contribution is 9.10. The molecule has 0 atom stereocenters. The first-order valence-electron chi connectivity index (χ1n) is 6.11. The SMILES string of the molecule is Nc1ccc(SCCCOc2ccccc2)c(Br)c1. The third-order valence-electron chi connectivity index (χ3n) is 2.51. The van der Waals surface area contributed by atoms with Gasteiger partial charge in [0.25, 0.3) is 0 Å². The second kappa shape index (κ2) is 7.46. The van der Waals surface area contributed by atoms with E-state index in [1.165, 1.54) is 4.90 Å². The van der Waals surface area contributed by atoms with Crippen molar-refractivity contribution in [2.45, 2.75) is 11.3 Å². The third-order valence-corrected chi connectivity index (χ3v) is 4.59. The molecule has 0 bridgehead atoms. The minimum absolute atomic E-state index is 0.740. The smallest absolute Gasteiger partial charge is 0.119 e. The molecule has 0 fully saturated rings. The molecule has 19 heavy (non-hydrogen) atoms.